The van der Waals surface area contributed by atoms with Gasteiger partial charge in [0, 0.05) is 6.20 Å². The number of carboxylic acids is 1. The molecule has 0 amide bonds. The minimum atomic E-state index is -1.14. The van der Waals surface area contributed by atoms with Crippen LogP contribution in [0.5, 0.6) is 5.75 Å². The zero-order chi connectivity index (χ0) is 13.9. The number of aromatic nitrogens is 2. The zero-order valence-electron chi connectivity index (χ0n) is 10.3. The van der Waals surface area contributed by atoms with Gasteiger partial charge < -0.3 is 14.3 Å². The lowest BCUT2D eigenvalue weighted by Gasteiger charge is -2.05. The number of carbonyl (C=O) groups is 1. The Morgan fingerprint density at radius 1 is 1.25 bits per heavy atom. The maximum atomic E-state index is 11.0. The molecule has 6 heteroatoms. The van der Waals surface area contributed by atoms with Gasteiger partial charge in [0.2, 0.25) is 5.89 Å². The Kier molecular flexibility index (Phi) is 3.04. The summed E-state index contributed by atoms with van der Waals surface area (Å²) in [5, 5.41) is 9.00. The van der Waals surface area contributed by atoms with Crippen molar-refractivity contribution in [3.05, 3.63) is 54.2 Å². The third-order valence-electron chi connectivity index (χ3n) is 2.66. The van der Waals surface area contributed by atoms with Crippen molar-refractivity contribution in [2.75, 3.05) is 0 Å². The van der Waals surface area contributed by atoms with E-state index in [1.165, 1.54) is 6.20 Å². The fourth-order valence-electron chi connectivity index (χ4n) is 1.79. The highest BCUT2D eigenvalue weighted by atomic mass is 16.5. The van der Waals surface area contributed by atoms with Crippen molar-refractivity contribution >= 4 is 17.1 Å². The summed E-state index contributed by atoms with van der Waals surface area (Å²) in [6.07, 6.45) is 1.40. The molecule has 0 saturated heterocycles. The van der Waals surface area contributed by atoms with E-state index in [4.69, 9.17) is 14.3 Å². The predicted octanol–water partition coefficient (Wildman–Crippen LogP) is 2.50. The minimum Gasteiger partial charge on any atom is -0.481 e. The standard InChI is InChI=1S/C14H10N2O4/c17-14(18)13-11(6-3-7-15-13)19-8-12-16-9-4-1-2-5-10(9)20-12/h1-7H,8H2,(H,17,18). The third-order valence-corrected chi connectivity index (χ3v) is 2.66. The Labute approximate surface area is 113 Å². The first-order valence-corrected chi connectivity index (χ1v) is 5.89. The van der Waals surface area contributed by atoms with Crippen molar-refractivity contribution < 1.29 is 19.1 Å². The summed E-state index contributed by atoms with van der Waals surface area (Å²) in [6, 6.07) is 10.5. The monoisotopic (exact) mass is 270 g/mol. The SMILES string of the molecule is O=C(O)c1ncccc1OCc1nc2ccccc2o1. The zero-order valence-corrected chi connectivity index (χ0v) is 10.3. The van der Waals surface area contributed by atoms with E-state index in [0.717, 1.165) is 5.52 Å². The maximum Gasteiger partial charge on any atom is 0.358 e. The van der Waals surface area contributed by atoms with Crippen molar-refractivity contribution in [3.63, 3.8) is 0 Å². The van der Waals surface area contributed by atoms with Crippen molar-refractivity contribution in [1.29, 1.82) is 0 Å². The van der Waals surface area contributed by atoms with Gasteiger partial charge in [0.05, 0.1) is 0 Å². The maximum absolute atomic E-state index is 11.0. The van der Waals surface area contributed by atoms with Gasteiger partial charge in [-0.05, 0) is 24.3 Å². The molecule has 0 spiro atoms. The van der Waals surface area contributed by atoms with Crippen molar-refractivity contribution in [2.45, 2.75) is 6.61 Å². The first kappa shape index (κ1) is 12.2. The quantitative estimate of drug-likeness (QED) is 0.783. The van der Waals surface area contributed by atoms with E-state index in [-0.39, 0.29) is 18.1 Å². The van der Waals surface area contributed by atoms with Gasteiger partial charge in [-0.2, -0.15) is 0 Å². The smallest absolute Gasteiger partial charge is 0.358 e. The van der Waals surface area contributed by atoms with Gasteiger partial charge in [0.1, 0.15) is 5.52 Å². The second-order valence-electron chi connectivity index (χ2n) is 4.02. The number of carboxylic acid groups (broad SMARTS) is 1. The van der Waals surface area contributed by atoms with Crippen LogP contribution in [0.1, 0.15) is 16.4 Å². The summed E-state index contributed by atoms with van der Waals surface area (Å²) >= 11 is 0. The molecule has 0 unspecified atom stereocenters. The number of rotatable bonds is 4. The van der Waals surface area contributed by atoms with E-state index >= 15 is 0 Å². The van der Waals surface area contributed by atoms with E-state index in [1.807, 2.05) is 18.2 Å². The van der Waals surface area contributed by atoms with Gasteiger partial charge in [0.25, 0.3) is 0 Å². The van der Waals surface area contributed by atoms with E-state index < -0.39 is 5.97 Å². The van der Waals surface area contributed by atoms with Crippen molar-refractivity contribution in [3.8, 4) is 5.75 Å². The molecule has 0 fully saturated rings. The number of aromatic carboxylic acids is 1. The summed E-state index contributed by atoms with van der Waals surface area (Å²) in [4.78, 5) is 19.0. The van der Waals surface area contributed by atoms with Crippen LogP contribution in [0.15, 0.2) is 47.0 Å². The average Bonchev–Trinajstić information content (AvgIpc) is 2.88. The van der Waals surface area contributed by atoms with Crippen molar-refractivity contribution in [2.24, 2.45) is 0 Å². The number of ether oxygens (including phenoxy) is 1. The number of fused-ring (bicyclic) bond motifs is 1. The van der Waals surface area contributed by atoms with Crippen LogP contribution in [0.25, 0.3) is 11.1 Å². The molecular formula is C14H10N2O4. The molecule has 3 aromatic rings. The van der Waals surface area contributed by atoms with E-state index in [2.05, 4.69) is 9.97 Å². The molecular weight excluding hydrogens is 260 g/mol. The van der Waals surface area contributed by atoms with Gasteiger partial charge in [-0.3, -0.25) is 0 Å². The van der Waals surface area contributed by atoms with Gasteiger partial charge >= 0.3 is 5.97 Å². The lowest BCUT2D eigenvalue weighted by Crippen LogP contribution is -2.05. The molecule has 20 heavy (non-hydrogen) atoms. The van der Waals surface area contributed by atoms with Crippen LogP contribution in [-0.2, 0) is 6.61 Å². The first-order chi connectivity index (χ1) is 9.74. The lowest BCUT2D eigenvalue weighted by atomic mass is 10.3. The third kappa shape index (κ3) is 2.31. The summed E-state index contributed by atoms with van der Waals surface area (Å²) in [6.45, 7) is 0.0423. The number of nitrogens with zero attached hydrogens (tertiary/aromatic N) is 2. The predicted molar refractivity (Wildman–Crippen MR) is 69.5 cm³/mol. The van der Waals surface area contributed by atoms with Crippen LogP contribution in [0.2, 0.25) is 0 Å². The Balaban J connectivity index is 1.81. The van der Waals surface area contributed by atoms with Gasteiger partial charge in [-0.15, -0.1) is 0 Å². The highest BCUT2D eigenvalue weighted by Crippen LogP contribution is 2.19. The molecule has 0 saturated carbocycles. The molecule has 0 bridgehead atoms. The summed E-state index contributed by atoms with van der Waals surface area (Å²) in [7, 11) is 0. The molecule has 0 atom stereocenters. The molecule has 6 nitrogen and oxygen atoms in total. The molecule has 0 aliphatic heterocycles. The highest BCUT2D eigenvalue weighted by molar-refractivity contribution is 5.88. The Hall–Kier alpha value is -2.89. The van der Waals surface area contributed by atoms with Gasteiger partial charge in [-0.1, -0.05) is 12.1 Å². The number of oxazole rings is 1. The fourth-order valence-corrected chi connectivity index (χ4v) is 1.79. The molecule has 100 valence electrons. The normalized spacial score (nSPS) is 10.6. The Bertz CT molecular complexity index is 733. The molecule has 2 aromatic heterocycles. The van der Waals surface area contributed by atoms with Crippen molar-refractivity contribution in [1.82, 2.24) is 9.97 Å². The van der Waals surface area contributed by atoms with Crippen LogP contribution in [0, 0.1) is 0 Å². The van der Waals surface area contributed by atoms with Gasteiger partial charge in [0.15, 0.2) is 23.6 Å². The highest BCUT2D eigenvalue weighted by Gasteiger charge is 2.13. The van der Waals surface area contributed by atoms with Gasteiger partial charge in [-0.25, -0.2) is 14.8 Å². The Morgan fingerprint density at radius 2 is 2.10 bits per heavy atom. The van der Waals surface area contributed by atoms with Crippen LogP contribution < -0.4 is 4.74 Å². The second-order valence-corrected chi connectivity index (χ2v) is 4.02. The fraction of sp³-hybridized carbons (Fsp3) is 0.0714. The second kappa shape index (κ2) is 5.00. The van der Waals surface area contributed by atoms with E-state index in [0.29, 0.717) is 11.5 Å². The van der Waals surface area contributed by atoms with E-state index in [9.17, 15) is 4.79 Å². The first-order valence-electron chi connectivity index (χ1n) is 5.89. The van der Waals surface area contributed by atoms with Crippen LogP contribution in [0.3, 0.4) is 0 Å². The number of hydrogen-bond acceptors (Lipinski definition) is 5. The van der Waals surface area contributed by atoms with Crippen LogP contribution in [0.4, 0.5) is 0 Å². The molecule has 1 N–H and O–H groups in total. The number of benzene rings is 1. The number of pyridine rings is 1. The molecule has 0 aliphatic carbocycles. The molecule has 3 rings (SSSR count). The van der Waals surface area contributed by atoms with E-state index in [1.54, 1.807) is 18.2 Å². The summed E-state index contributed by atoms with van der Waals surface area (Å²) < 4.78 is 10.9. The topological polar surface area (TPSA) is 85.5 Å². The minimum absolute atomic E-state index is 0.0423. The average molecular weight is 270 g/mol. The molecule has 0 aliphatic rings. The summed E-state index contributed by atoms with van der Waals surface area (Å²) in [5.74, 6) is -0.577. The number of hydrogen-bond donors (Lipinski definition) is 1. The van der Waals surface area contributed by atoms with Crippen LogP contribution in [-0.4, -0.2) is 21.0 Å². The Morgan fingerprint density at radius 3 is 2.90 bits per heavy atom. The molecule has 0 radical (unpaired) electrons. The molecule has 1 aromatic carbocycles. The number of para-hydroxylation sites is 2. The lowest BCUT2D eigenvalue weighted by molar-refractivity contribution is 0.0684. The summed E-state index contributed by atoms with van der Waals surface area (Å²) in [5.41, 5.74) is 1.26. The van der Waals surface area contributed by atoms with Crippen LogP contribution >= 0.6 is 0 Å². The molecule has 2 heterocycles. The largest absolute Gasteiger partial charge is 0.481 e.